The third kappa shape index (κ3) is 5.19. The van der Waals surface area contributed by atoms with Gasteiger partial charge in [0, 0.05) is 23.0 Å². The summed E-state index contributed by atoms with van der Waals surface area (Å²) in [7, 11) is 0. The zero-order valence-corrected chi connectivity index (χ0v) is 32.0. The molecule has 0 N–H and O–H groups in total. The van der Waals surface area contributed by atoms with E-state index in [1.165, 1.54) is 11.1 Å². The summed E-state index contributed by atoms with van der Waals surface area (Å²) in [5.74, 6) is 1.71. The van der Waals surface area contributed by atoms with E-state index in [4.69, 9.17) is 15.0 Å². The van der Waals surface area contributed by atoms with Crippen LogP contribution in [0.15, 0.2) is 170 Å². The van der Waals surface area contributed by atoms with E-state index in [9.17, 15) is 0 Å². The molecule has 5 nitrogen and oxygen atoms in total. The molecule has 6 heteroatoms. The number of fused-ring (bicyclic) bond motifs is 7. The Kier molecular flexibility index (Phi) is 7.86. The van der Waals surface area contributed by atoms with E-state index < -0.39 is 0 Å². The Morgan fingerprint density at radius 3 is 2.18 bits per heavy atom. The Hall–Kier alpha value is -6.55. The first-order valence-corrected chi connectivity index (χ1v) is 18.2. The van der Waals surface area contributed by atoms with Gasteiger partial charge < -0.3 is 9.55 Å². The zero-order chi connectivity index (χ0) is 35.8. The summed E-state index contributed by atoms with van der Waals surface area (Å²) in [4.78, 5) is 15.5. The van der Waals surface area contributed by atoms with Gasteiger partial charge >= 0.3 is 21.1 Å². The molecule has 0 bridgehead atoms. The molecule has 0 radical (unpaired) electrons. The molecule has 4 heterocycles. The summed E-state index contributed by atoms with van der Waals surface area (Å²) in [6, 6.07) is 61.3. The van der Waals surface area contributed by atoms with Crippen molar-refractivity contribution in [3.8, 4) is 45.1 Å². The molecular weight excluding hydrogens is 854 g/mol. The average Bonchev–Trinajstić information content (AvgIpc) is 3.91. The van der Waals surface area contributed by atoms with Crippen LogP contribution < -0.4 is 4.98 Å². The number of rotatable bonds is 5. The van der Waals surface area contributed by atoms with Crippen LogP contribution in [0.3, 0.4) is 0 Å². The van der Waals surface area contributed by atoms with Crippen LogP contribution in [0.2, 0.25) is 0 Å². The summed E-state index contributed by atoms with van der Waals surface area (Å²) >= 11 is 0. The zero-order valence-electron chi connectivity index (χ0n) is 29.7. The molecular formula is C49H31N5Pt. The summed E-state index contributed by atoms with van der Waals surface area (Å²) in [6.07, 6.45) is 1.85. The van der Waals surface area contributed by atoms with E-state index in [-0.39, 0.29) is 21.1 Å². The quantitative estimate of drug-likeness (QED) is 0.162. The van der Waals surface area contributed by atoms with Gasteiger partial charge in [0.2, 0.25) is 0 Å². The molecule has 7 aromatic carbocycles. The second kappa shape index (κ2) is 13.1. The normalized spacial score (nSPS) is 11.6. The van der Waals surface area contributed by atoms with Gasteiger partial charge in [-0.25, -0.2) is 9.97 Å². The first-order chi connectivity index (χ1) is 26.7. The van der Waals surface area contributed by atoms with E-state index in [0.717, 1.165) is 94.2 Å². The molecule has 0 saturated heterocycles. The number of aryl methyl sites for hydroxylation is 1. The van der Waals surface area contributed by atoms with Gasteiger partial charge in [0.15, 0.2) is 0 Å². The fourth-order valence-corrected chi connectivity index (χ4v) is 8.21. The largest absolute Gasteiger partial charge is 2.00 e. The average molecular weight is 885 g/mol. The van der Waals surface area contributed by atoms with Crippen LogP contribution in [0.5, 0.6) is 0 Å². The maximum atomic E-state index is 5.55. The summed E-state index contributed by atoms with van der Waals surface area (Å²) in [5.41, 5.74) is 13.5. The van der Waals surface area contributed by atoms with Crippen molar-refractivity contribution in [3.63, 3.8) is 0 Å². The molecule has 262 valence electrons. The molecule has 0 fully saturated rings. The molecule has 11 rings (SSSR count). The maximum absolute atomic E-state index is 5.55. The van der Waals surface area contributed by atoms with Crippen molar-refractivity contribution in [2.45, 2.75) is 6.92 Å². The van der Waals surface area contributed by atoms with Crippen LogP contribution in [-0.4, -0.2) is 19.1 Å². The van der Waals surface area contributed by atoms with Crippen LogP contribution in [0.25, 0.3) is 99.8 Å². The smallest absolute Gasteiger partial charge is 0.656 e. The summed E-state index contributed by atoms with van der Waals surface area (Å²) in [6.45, 7) is 2.17. The molecule has 0 unspecified atom stereocenters. The van der Waals surface area contributed by atoms with Crippen molar-refractivity contribution in [1.29, 1.82) is 0 Å². The third-order valence-corrected chi connectivity index (χ3v) is 10.7. The molecule has 0 aliphatic carbocycles. The number of pyridine rings is 1. The minimum Gasteiger partial charge on any atom is -0.656 e. The second-order valence-corrected chi connectivity index (χ2v) is 13.8. The minimum absolute atomic E-state index is 0. The number of imidazole rings is 1. The summed E-state index contributed by atoms with van der Waals surface area (Å²) in [5, 5.41) is 4.56. The van der Waals surface area contributed by atoms with Gasteiger partial charge in [0.25, 0.3) is 0 Å². The molecule has 0 spiro atoms. The number of para-hydroxylation sites is 3. The molecule has 0 aliphatic heterocycles. The number of benzene rings is 7. The SMILES string of the molecule is Cc1ccc2c(nc(-c3cccc4c3[n-]c3ccccc34)n2-c2ccccc2)c1-c1[c-]c2c(cc1)c1cc(-c3ccccc3)ccc1n2-c1ccccn1.[Pt+2]. The van der Waals surface area contributed by atoms with Crippen LogP contribution in [0.4, 0.5) is 0 Å². The first-order valence-electron chi connectivity index (χ1n) is 18.2. The van der Waals surface area contributed by atoms with Crippen LogP contribution in [0, 0.1) is 13.0 Å². The number of hydrogen-bond acceptors (Lipinski definition) is 2. The Bertz CT molecular complexity index is 3210. The molecule has 4 aromatic heterocycles. The predicted octanol–water partition coefficient (Wildman–Crippen LogP) is 11.9. The van der Waals surface area contributed by atoms with Gasteiger partial charge in [0.05, 0.1) is 11.0 Å². The fourth-order valence-electron chi connectivity index (χ4n) is 8.21. The van der Waals surface area contributed by atoms with E-state index in [1.807, 2.05) is 24.4 Å². The van der Waals surface area contributed by atoms with Crippen molar-refractivity contribution in [2.75, 3.05) is 0 Å². The van der Waals surface area contributed by atoms with Crippen molar-refractivity contribution >= 4 is 54.6 Å². The van der Waals surface area contributed by atoms with Gasteiger partial charge in [0.1, 0.15) is 11.6 Å². The summed E-state index contributed by atoms with van der Waals surface area (Å²) < 4.78 is 4.51. The van der Waals surface area contributed by atoms with E-state index in [2.05, 4.69) is 168 Å². The van der Waals surface area contributed by atoms with Gasteiger partial charge in [-0.05, 0) is 76.1 Å². The number of hydrogen-bond donors (Lipinski definition) is 0. The van der Waals surface area contributed by atoms with Crippen LogP contribution >= 0.6 is 0 Å². The first kappa shape index (κ1) is 33.0. The van der Waals surface area contributed by atoms with Gasteiger partial charge in [-0.1, -0.05) is 132 Å². The standard InChI is InChI=1S/C49H31N5.Pt/c1-31-22-26-43-48(52-49(53(43)35-15-6-3-7-16-35)39-19-12-18-38-36-17-8-9-20-41(36)51-47(38)39)46(31)34-23-25-37-40-29-33(32-13-4-2-5-14-32)24-27-42(40)54(44(37)30-34)45-21-10-11-28-50-45;/h2-29H,1H3;/q-2;+2. The molecule has 0 saturated carbocycles. The van der Waals surface area contributed by atoms with E-state index in [0.29, 0.717) is 0 Å². The second-order valence-electron chi connectivity index (χ2n) is 13.8. The van der Waals surface area contributed by atoms with Crippen molar-refractivity contribution < 1.29 is 21.1 Å². The van der Waals surface area contributed by atoms with Crippen molar-refractivity contribution in [1.82, 2.24) is 24.1 Å². The van der Waals surface area contributed by atoms with Gasteiger partial charge in [-0.2, -0.15) is 0 Å². The third-order valence-electron chi connectivity index (χ3n) is 10.7. The number of aromatic nitrogens is 5. The molecule has 11 aromatic rings. The van der Waals surface area contributed by atoms with Crippen LogP contribution in [-0.2, 0) is 21.1 Å². The monoisotopic (exact) mass is 884 g/mol. The molecule has 55 heavy (non-hydrogen) atoms. The van der Waals surface area contributed by atoms with Gasteiger partial charge in [-0.3, -0.25) is 4.57 Å². The van der Waals surface area contributed by atoms with E-state index >= 15 is 0 Å². The Morgan fingerprint density at radius 1 is 0.582 bits per heavy atom. The number of nitrogens with zero attached hydrogens (tertiary/aromatic N) is 5. The van der Waals surface area contributed by atoms with Gasteiger partial charge in [-0.15, -0.1) is 34.8 Å². The predicted molar refractivity (Wildman–Crippen MR) is 221 cm³/mol. The minimum atomic E-state index is 0. The molecule has 0 atom stereocenters. The topological polar surface area (TPSA) is 49.7 Å². The Balaban J connectivity index is 0.00000372. The molecule has 0 amide bonds. The van der Waals surface area contributed by atoms with Crippen molar-refractivity contribution in [3.05, 3.63) is 182 Å². The maximum Gasteiger partial charge on any atom is 2.00 e. The Morgan fingerprint density at radius 2 is 1.35 bits per heavy atom. The van der Waals surface area contributed by atoms with Crippen molar-refractivity contribution in [2.24, 2.45) is 0 Å². The Labute approximate surface area is 331 Å². The fraction of sp³-hybridized carbons (Fsp3) is 0.0204. The van der Waals surface area contributed by atoms with Crippen LogP contribution in [0.1, 0.15) is 5.56 Å². The van der Waals surface area contributed by atoms with E-state index in [1.54, 1.807) is 0 Å². The molecule has 0 aliphatic rings.